The van der Waals surface area contributed by atoms with Crippen LogP contribution in [-0.4, -0.2) is 47.8 Å². The number of halogens is 1. The average Bonchev–Trinajstić information content (AvgIpc) is 3.06. The number of anilines is 1. The van der Waals surface area contributed by atoms with Gasteiger partial charge < -0.3 is 4.90 Å². The second kappa shape index (κ2) is 8.54. The van der Waals surface area contributed by atoms with Crippen LogP contribution < -0.4 is 4.90 Å². The van der Waals surface area contributed by atoms with E-state index in [9.17, 15) is 0 Å². The Bertz CT molecular complexity index is 632. The Kier molecular flexibility index (Phi) is 6.16. The summed E-state index contributed by atoms with van der Waals surface area (Å²) in [6.07, 6.45) is 4.60. The summed E-state index contributed by atoms with van der Waals surface area (Å²) in [5.74, 6) is 0. The summed E-state index contributed by atoms with van der Waals surface area (Å²) in [6, 6.07) is 10.4. The Labute approximate surface area is 149 Å². The van der Waals surface area contributed by atoms with Gasteiger partial charge in [0.25, 0.3) is 0 Å². The van der Waals surface area contributed by atoms with E-state index < -0.39 is 0 Å². The third kappa shape index (κ3) is 4.74. The summed E-state index contributed by atoms with van der Waals surface area (Å²) >= 11 is 6.10. The molecule has 1 aliphatic rings. The van der Waals surface area contributed by atoms with E-state index in [0.717, 1.165) is 50.6 Å². The van der Waals surface area contributed by atoms with Crippen LogP contribution in [0, 0.1) is 0 Å². The Morgan fingerprint density at radius 3 is 2.71 bits per heavy atom. The van der Waals surface area contributed by atoms with Gasteiger partial charge in [-0.15, -0.1) is 0 Å². The number of nitrogens with one attached hydrogen (secondary N) is 1. The van der Waals surface area contributed by atoms with E-state index in [4.69, 9.17) is 11.6 Å². The normalized spacial score (nSPS) is 15.8. The molecule has 1 N–H and O–H groups in total. The number of benzene rings is 1. The molecule has 1 aromatic heterocycles. The number of aryl methyl sites for hydroxylation is 1. The van der Waals surface area contributed by atoms with Gasteiger partial charge in [-0.1, -0.05) is 31.0 Å². The summed E-state index contributed by atoms with van der Waals surface area (Å²) in [4.78, 5) is 4.95. The number of H-pyrrole nitrogens is 1. The number of aromatic nitrogens is 2. The van der Waals surface area contributed by atoms with Gasteiger partial charge in [0.2, 0.25) is 0 Å². The molecule has 4 nitrogen and oxygen atoms in total. The fraction of sp³-hybridized carbons (Fsp3) is 0.526. The van der Waals surface area contributed by atoms with Crippen molar-refractivity contribution in [1.29, 1.82) is 0 Å². The molecule has 1 aliphatic heterocycles. The summed E-state index contributed by atoms with van der Waals surface area (Å²) < 4.78 is 0. The minimum atomic E-state index is 0.812. The van der Waals surface area contributed by atoms with E-state index in [-0.39, 0.29) is 0 Å². The summed E-state index contributed by atoms with van der Waals surface area (Å²) in [5.41, 5.74) is 3.70. The van der Waals surface area contributed by atoms with Gasteiger partial charge in [-0.05, 0) is 37.1 Å². The lowest BCUT2D eigenvalue weighted by Gasteiger charge is -2.36. The van der Waals surface area contributed by atoms with Crippen LogP contribution in [0.2, 0.25) is 5.02 Å². The second-order valence-corrected chi connectivity index (χ2v) is 6.98. The van der Waals surface area contributed by atoms with Gasteiger partial charge in [-0.2, -0.15) is 5.10 Å². The van der Waals surface area contributed by atoms with Crippen LogP contribution in [-0.2, 0) is 12.8 Å². The molecule has 0 saturated carbocycles. The average molecular weight is 347 g/mol. The molecule has 1 fully saturated rings. The van der Waals surface area contributed by atoms with Crippen LogP contribution >= 0.6 is 11.6 Å². The Hall–Kier alpha value is -1.52. The number of hydrogen-bond acceptors (Lipinski definition) is 3. The van der Waals surface area contributed by atoms with Crippen molar-refractivity contribution >= 4 is 17.3 Å². The van der Waals surface area contributed by atoms with Crippen molar-refractivity contribution in [2.45, 2.75) is 32.6 Å². The third-order valence-electron chi connectivity index (χ3n) is 4.71. The van der Waals surface area contributed by atoms with Gasteiger partial charge in [0, 0.05) is 55.5 Å². The topological polar surface area (TPSA) is 35.2 Å². The van der Waals surface area contributed by atoms with Crippen molar-refractivity contribution in [2.75, 3.05) is 37.6 Å². The SMILES string of the molecule is CCCCc1cc(CCN2CCN(c3cccc(Cl)c3)CC2)n[nH]1. The minimum Gasteiger partial charge on any atom is -0.369 e. The Balaban J connectivity index is 1.43. The van der Waals surface area contributed by atoms with Crippen LogP contribution in [0.15, 0.2) is 30.3 Å². The Morgan fingerprint density at radius 1 is 1.12 bits per heavy atom. The molecular weight excluding hydrogens is 320 g/mol. The molecule has 5 heteroatoms. The molecule has 0 aliphatic carbocycles. The zero-order valence-electron chi connectivity index (χ0n) is 14.5. The molecule has 0 bridgehead atoms. The Morgan fingerprint density at radius 2 is 1.96 bits per heavy atom. The first-order chi connectivity index (χ1) is 11.7. The highest BCUT2D eigenvalue weighted by atomic mass is 35.5. The molecule has 0 unspecified atom stereocenters. The van der Waals surface area contributed by atoms with Gasteiger partial charge in [0.05, 0.1) is 5.69 Å². The van der Waals surface area contributed by atoms with E-state index in [2.05, 4.69) is 45.1 Å². The quantitative estimate of drug-likeness (QED) is 0.828. The maximum atomic E-state index is 6.10. The number of hydrogen-bond donors (Lipinski definition) is 1. The molecular formula is C19H27ClN4. The lowest BCUT2D eigenvalue weighted by Crippen LogP contribution is -2.47. The first kappa shape index (κ1) is 17.3. The summed E-state index contributed by atoms with van der Waals surface area (Å²) in [5, 5.41) is 8.43. The number of aromatic amines is 1. The maximum absolute atomic E-state index is 6.10. The number of piperazine rings is 1. The molecule has 0 amide bonds. The van der Waals surface area contributed by atoms with Gasteiger partial charge in [0.15, 0.2) is 0 Å². The van der Waals surface area contributed by atoms with Crippen LogP contribution in [0.5, 0.6) is 0 Å². The lowest BCUT2D eigenvalue weighted by molar-refractivity contribution is 0.260. The summed E-state index contributed by atoms with van der Waals surface area (Å²) in [7, 11) is 0. The van der Waals surface area contributed by atoms with Crippen molar-refractivity contribution in [3.05, 3.63) is 46.7 Å². The van der Waals surface area contributed by atoms with Crippen molar-refractivity contribution in [2.24, 2.45) is 0 Å². The molecule has 2 heterocycles. The van der Waals surface area contributed by atoms with Crippen LogP contribution in [0.4, 0.5) is 5.69 Å². The molecule has 1 saturated heterocycles. The highest BCUT2D eigenvalue weighted by molar-refractivity contribution is 6.30. The minimum absolute atomic E-state index is 0.812. The predicted octanol–water partition coefficient (Wildman–Crippen LogP) is 3.77. The van der Waals surface area contributed by atoms with E-state index in [0.29, 0.717) is 0 Å². The molecule has 24 heavy (non-hydrogen) atoms. The smallest absolute Gasteiger partial charge is 0.0637 e. The largest absolute Gasteiger partial charge is 0.369 e. The highest BCUT2D eigenvalue weighted by Gasteiger charge is 2.17. The number of nitrogens with zero attached hydrogens (tertiary/aromatic N) is 3. The van der Waals surface area contributed by atoms with Crippen molar-refractivity contribution in [1.82, 2.24) is 15.1 Å². The predicted molar refractivity (Wildman–Crippen MR) is 101 cm³/mol. The number of unbranched alkanes of at least 4 members (excludes halogenated alkanes) is 1. The van der Waals surface area contributed by atoms with E-state index in [1.165, 1.54) is 29.9 Å². The fourth-order valence-electron chi connectivity index (χ4n) is 3.21. The highest BCUT2D eigenvalue weighted by Crippen LogP contribution is 2.20. The fourth-order valence-corrected chi connectivity index (χ4v) is 3.39. The van der Waals surface area contributed by atoms with Crippen molar-refractivity contribution < 1.29 is 0 Å². The van der Waals surface area contributed by atoms with Crippen molar-refractivity contribution in [3.8, 4) is 0 Å². The first-order valence-electron chi connectivity index (χ1n) is 9.00. The van der Waals surface area contributed by atoms with Gasteiger partial charge in [-0.25, -0.2) is 0 Å². The zero-order valence-corrected chi connectivity index (χ0v) is 15.2. The van der Waals surface area contributed by atoms with Crippen LogP contribution in [0.1, 0.15) is 31.2 Å². The van der Waals surface area contributed by atoms with Gasteiger partial charge >= 0.3 is 0 Å². The standard InChI is InChI=1S/C19H27ClN4/c1-2-3-6-17-15-18(22-21-17)8-9-23-10-12-24(13-11-23)19-7-4-5-16(20)14-19/h4-5,7,14-15H,2-3,6,8-13H2,1H3,(H,21,22). The zero-order chi connectivity index (χ0) is 16.8. The monoisotopic (exact) mass is 346 g/mol. The van der Waals surface area contributed by atoms with E-state index >= 15 is 0 Å². The van der Waals surface area contributed by atoms with Gasteiger partial charge in [0.1, 0.15) is 0 Å². The second-order valence-electron chi connectivity index (χ2n) is 6.55. The molecule has 1 aromatic carbocycles. The molecule has 0 atom stereocenters. The molecule has 3 rings (SSSR count). The van der Waals surface area contributed by atoms with E-state index in [1.807, 2.05) is 12.1 Å². The number of rotatable bonds is 7. The molecule has 0 radical (unpaired) electrons. The molecule has 0 spiro atoms. The molecule has 130 valence electrons. The van der Waals surface area contributed by atoms with Crippen LogP contribution in [0.3, 0.4) is 0 Å². The lowest BCUT2D eigenvalue weighted by atomic mass is 10.2. The molecule has 2 aromatic rings. The van der Waals surface area contributed by atoms with Gasteiger partial charge in [-0.3, -0.25) is 10.00 Å². The summed E-state index contributed by atoms with van der Waals surface area (Å²) in [6.45, 7) is 7.62. The third-order valence-corrected chi connectivity index (χ3v) is 4.95. The van der Waals surface area contributed by atoms with Crippen LogP contribution in [0.25, 0.3) is 0 Å². The van der Waals surface area contributed by atoms with E-state index in [1.54, 1.807) is 0 Å². The first-order valence-corrected chi connectivity index (χ1v) is 9.38. The maximum Gasteiger partial charge on any atom is 0.0637 e. The van der Waals surface area contributed by atoms with Crippen molar-refractivity contribution in [3.63, 3.8) is 0 Å².